The Morgan fingerprint density at radius 1 is 1.00 bits per heavy atom. The number of allylic oxidation sites excluding steroid dienone is 6. The van der Waals surface area contributed by atoms with Gasteiger partial charge in [-0.25, -0.2) is 0 Å². The fraction of sp³-hybridized carbons (Fsp3) is 0.385. The first-order valence-corrected chi connectivity index (χ1v) is 10.5. The number of rotatable bonds is 10. The standard InChI is InChI=1S/C26H34N2/c1-5-7-9-21(3)13-16-27-19-23-11-12-26-24(25(23)20-27)15-18-28(26)17-14-22(4)10-8-6-2/h5-10,15,18,23,26H,1-4,11-14,16-17,19-20H2. The number of hydrogen-bond donors (Lipinski definition) is 0. The van der Waals surface area contributed by atoms with Gasteiger partial charge in [-0.2, -0.15) is 0 Å². The molecule has 0 radical (unpaired) electrons. The molecule has 1 saturated heterocycles. The largest absolute Gasteiger partial charge is 0.370 e. The quantitative estimate of drug-likeness (QED) is 0.460. The minimum Gasteiger partial charge on any atom is -0.370 e. The van der Waals surface area contributed by atoms with Crippen LogP contribution in [0.4, 0.5) is 0 Å². The lowest BCUT2D eigenvalue weighted by atomic mass is 9.82. The highest BCUT2D eigenvalue weighted by atomic mass is 15.2. The second-order valence-electron chi connectivity index (χ2n) is 8.07. The summed E-state index contributed by atoms with van der Waals surface area (Å²) in [4.78, 5) is 5.14. The summed E-state index contributed by atoms with van der Waals surface area (Å²) in [5.41, 5.74) is 5.63. The summed E-state index contributed by atoms with van der Waals surface area (Å²) >= 11 is 0. The maximum Gasteiger partial charge on any atom is 0.0538 e. The average molecular weight is 375 g/mol. The SMILES string of the molecule is C=CC=CC(=C)CCN1CC2=C3C=CN(CCC(=C)C=CC=C)C3CCC2C1. The normalized spacial score (nSPS) is 24.2. The predicted molar refractivity (Wildman–Crippen MR) is 122 cm³/mol. The van der Waals surface area contributed by atoms with Gasteiger partial charge in [0.1, 0.15) is 0 Å². The van der Waals surface area contributed by atoms with Gasteiger partial charge in [0.05, 0.1) is 6.04 Å². The summed E-state index contributed by atoms with van der Waals surface area (Å²) in [7, 11) is 0. The summed E-state index contributed by atoms with van der Waals surface area (Å²) in [6.45, 7) is 20.2. The van der Waals surface area contributed by atoms with Crippen molar-refractivity contribution in [2.45, 2.75) is 31.7 Å². The molecule has 0 bridgehead atoms. The van der Waals surface area contributed by atoms with Crippen LogP contribution in [0.2, 0.25) is 0 Å². The molecule has 2 heterocycles. The lowest BCUT2D eigenvalue weighted by Gasteiger charge is -2.32. The topological polar surface area (TPSA) is 6.48 Å². The van der Waals surface area contributed by atoms with E-state index in [4.69, 9.17) is 0 Å². The lowest BCUT2D eigenvalue weighted by molar-refractivity contribution is 0.281. The van der Waals surface area contributed by atoms with Gasteiger partial charge in [0.15, 0.2) is 0 Å². The van der Waals surface area contributed by atoms with E-state index in [-0.39, 0.29) is 0 Å². The lowest BCUT2D eigenvalue weighted by Crippen LogP contribution is -2.33. The third-order valence-electron chi connectivity index (χ3n) is 6.11. The first-order chi connectivity index (χ1) is 13.6. The van der Waals surface area contributed by atoms with Crippen LogP contribution in [-0.4, -0.2) is 42.0 Å². The van der Waals surface area contributed by atoms with E-state index < -0.39 is 0 Å². The molecule has 0 amide bonds. The molecular weight excluding hydrogens is 340 g/mol. The molecule has 0 saturated carbocycles. The Morgan fingerprint density at radius 3 is 2.36 bits per heavy atom. The van der Waals surface area contributed by atoms with Crippen LogP contribution in [0.15, 0.2) is 97.3 Å². The van der Waals surface area contributed by atoms with Gasteiger partial charge in [-0.1, -0.05) is 73.9 Å². The molecule has 2 aliphatic heterocycles. The monoisotopic (exact) mass is 374 g/mol. The van der Waals surface area contributed by atoms with Gasteiger partial charge < -0.3 is 4.90 Å². The maximum absolute atomic E-state index is 4.15. The average Bonchev–Trinajstić information content (AvgIpc) is 3.30. The van der Waals surface area contributed by atoms with Crippen LogP contribution >= 0.6 is 0 Å². The van der Waals surface area contributed by atoms with E-state index in [0.29, 0.717) is 6.04 Å². The first kappa shape index (κ1) is 20.4. The minimum atomic E-state index is 0.577. The minimum absolute atomic E-state index is 0.577. The molecule has 28 heavy (non-hydrogen) atoms. The fourth-order valence-electron chi connectivity index (χ4n) is 4.57. The molecule has 2 heteroatoms. The smallest absolute Gasteiger partial charge is 0.0538 e. The van der Waals surface area contributed by atoms with Crippen LogP contribution < -0.4 is 0 Å². The fourth-order valence-corrected chi connectivity index (χ4v) is 4.57. The molecule has 3 rings (SSSR count). The van der Waals surface area contributed by atoms with Crippen molar-refractivity contribution in [1.29, 1.82) is 0 Å². The molecule has 1 fully saturated rings. The van der Waals surface area contributed by atoms with Gasteiger partial charge in [0.25, 0.3) is 0 Å². The molecule has 0 N–H and O–H groups in total. The number of fused-ring (bicyclic) bond motifs is 2. The highest BCUT2D eigenvalue weighted by molar-refractivity contribution is 5.41. The third kappa shape index (κ3) is 4.94. The zero-order valence-corrected chi connectivity index (χ0v) is 17.2. The Bertz CT molecular complexity index is 746. The molecule has 2 atom stereocenters. The van der Waals surface area contributed by atoms with Crippen molar-refractivity contribution in [3.05, 3.63) is 97.3 Å². The maximum atomic E-state index is 4.15. The highest BCUT2D eigenvalue weighted by Crippen LogP contribution is 2.41. The van der Waals surface area contributed by atoms with E-state index in [1.807, 2.05) is 24.3 Å². The summed E-state index contributed by atoms with van der Waals surface area (Å²) < 4.78 is 0. The van der Waals surface area contributed by atoms with Crippen LogP contribution in [0, 0.1) is 5.92 Å². The Labute approximate surface area is 171 Å². The third-order valence-corrected chi connectivity index (χ3v) is 6.11. The molecule has 0 aromatic rings. The summed E-state index contributed by atoms with van der Waals surface area (Å²) in [5, 5.41) is 0. The van der Waals surface area contributed by atoms with Crippen LogP contribution in [-0.2, 0) is 0 Å². The number of hydrogen-bond acceptors (Lipinski definition) is 2. The second kappa shape index (κ2) is 9.75. The zero-order chi connectivity index (χ0) is 19.9. The van der Waals surface area contributed by atoms with Crippen molar-refractivity contribution < 1.29 is 0 Å². The van der Waals surface area contributed by atoms with Crippen molar-refractivity contribution >= 4 is 0 Å². The zero-order valence-electron chi connectivity index (χ0n) is 17.2. The molecule has 2 nitrogen and oxygen atoms in total. The van der Waals surface area contributed by atoms with Crippen LogP contribution in [0.25, 0.3) is 0 Å². The van der Waals surface area contributed by atoms with E-state index in [9.17, 15) is 0 Å². The van der Waals surface area contributed by atoms with Crippen LogP contribution in [0.3, 0.4) is 0 Å². The van der Waals surface area contributed by atoms with Crippen molar-refractivity contribution in [2.75, 3.05) is 26.2 Å². The molecule has 0 aromatic carbocycles. The Balaban J connectivity index is 1.55. The van der Waals surface area contributed by atoms with Gasteiger partial charge in [-0.05, 0) is 55.0 Å². The van der Waals surface area contributed by atoms with Crippen LogP contribution in [0.5, 0.6) is 0 Å². The molecular formula is C26H34N2. The van der Waals surface area contributed by atoms with Crippen molar-refractivity contribution in [3.8, 4) is 0 Å². The molecule has 0 aromatic heterocycles. The van der Waals surface area contributed by atoms with E-state index >= 15 is 0 Å². The molecule has 1 aliphatic carbocycles. The van der Waals surface area contributed by atoms with Gasteiger partial charge >= 0.3 is 0 Å². The van der Waals surface area contributed by atoms with E-state index in [1.54, 1.807) is 11.1 Å². The summed E-state index contributed by atoms with van der Waals surface area (Å²) in [6.07, 6.45) is 21.0. The van der Waals surface area contributed by atoms with Gasteiger partial charge in [0, 0.05) is 26.2 Å². The summed E-state index contributed by atoms with van der Waals surface area (Å²) in [6, 6.07) is 0.577. The Morgan fingerprint density at radius 2 is 1.68 bits per heavy atom. The van der Waals surface area contributed by atoms with Crippen molar-refractivity contribution in [3.63, 3.8) is 0 Å². The summed E-state index contributed by atoms with van der Waals surface area (Å²) in [5.74, 6) is 0.748. The van der Waals surface area contributed by atoms with Gasteiger partial charge in [0.2, 0.25) is 0 Å². The van der Waals surface area contributed by atoms with Gasteiger partial charge in [-0.15, -0.1) is 0 Å². The number of likely N-dealkylation sites (tertiary alicyclic amines) is 1. The number of nitrogens with zero attached hydrogens (tertiary/aromatic N) is 2. The van der Waals surface area contributed by atoms with Gasteiger partial charge in [-0.3, -0.25) is 4.90 Å². The highest BCUT2D eigenvalue weighted by Gasteiger charge is 2.38. The predicted octanol–water partition coefficient (Wildman–Crippen LogP) is 5.58. The first-order valence-electron chi connectivity index (χ1n) is 10.5. The van der Waals surface area contributed by atoms with E-state index in [1.165, 1.54) is 30.5 Å². The van der Waals surface area contributed by atoms with Crippen LogP contribution in [0.1, 0.15) is 25.7 Å². The molecule has 2 unspecified atom stereocenters. The Kier molecular flexibility index (Phi) is 7.11. The molecule has 3 aliphatic rings. The van der Waals surface area contributed by atoms with E-state index in [2.05, 4.69) is 60.5 Å². The van der Waals surface area contributed by atoms with E-state index in [0.717, 1.165) is 38.4 Å². The van der Waals surface area contributed by atoms with Crippen molar-refractivity contribution in [1.82, 2.24) is 9.80 Å². The molecule has 0 spiro atoms. The van der Waals surface area contributed by atoms with Crippen molar-refractivity contribution in [2.24, 2.45) is 5.92 Å². The second-order valence-corrected chi connectivity index (χ2v) is 8.07. The Hall–Kier alpha value is -2.32. The molecule has 148 valence electrons.